The average Bonchev–Trinajstić information content (AvgIpc) is 2.13. The smallest absolute Gasteiger partial charge is 0.00779 e. The molecule has 0 saturated carbocycles. The molecule has 0 spiro atoms. The average molecular weight is 577 g/mol. The van der Waals surface area contributed by atoms with Crippen molar-refractivity contribution in [3.63, 3.8) is 0 Å². The summed E-state index contributed by atoms with van der Waals surface area (Å²) in [5, 5.41) is 0. The van der Waals surface area contributed by atoms with Gasteiger partial charge in [0.25, 0.3) is 0 Å². The minimum absolute atomic E-state index is 0.0286. The van der Waals surface area contributed by atoms with Crippen LogP contribution in [-0.4, -0.2) is 0 Å². The van der Waals surface area contributed by atoms with Crippen molar-refractivity contribution in [1.82, 2.24) is 0 Å². The van der Waals surface area contributed by atoms with E-state index in [1.54, 1.807) is 0 Å². The van der Waals surface area contributed by atoms with Crippen molar-refractivity contribution in [2.75, 3.05) is 0 Å². The highest BCUT2D eigenvalue weighted by molar-refractivity contribution is 9.33. The van der Waals surface area contributed by atoms with Gasteiger partial charge in [-0.25, -0.2) is 6.99 Å². The lowest BCUT2D eigenvalue weighted by Gasteiger charge is -2.47. The maximum atomic E-state index is 4.03. The quantitative estimate of drug-likeness (QED) is 0.265. The molecule has 0 rings (SSSR count). The number of rotatable bonds is 7. The van der Waals surface area contributed by atoms with Crippen molar-refractivity contribution in [3.05, 3.63) is 0 Å². The monoisotopic (exact) mass is 577 g/mol. The van der Waals surface area contributed by atoms with Crippen molar-refractivity contribution < 1.29 is 0 Å². The van der Waals surface area contributed by atoms with Gasteiger partial charge in [-0.2, -0.15) is 0 Å². The molecule has 0 aromatic heterocycles. The molecule has 0 nitrogen and oxygen atoms in total. The summed E-state index contributed by atoms with van der Waals surface area (Å²) in [7, 11) is 32.0. The molecule has 0 saturated heterocycles. The highest BCUT2D eigenvalue weighted by atomic mass is 33.4. The number of hydrogen-bond acceptors (Lipinski definition) is 0. The Balaban J connectivity index is 5.37. The van der Waals surface area contributed by atoms with Gasteiger partial charge in [0.05, 0.1) is 0 Å². The van der Waals surface area contributed by atoms with E-state index in [2.05, 4.69) is 89.3 Å². The van der Waals surface area contributed by atoms with Gasteiger partial charge in [0.1, 0.15) is 0 Å². The molecule has 0 radical (unpaired) electrons. The summed E-state index contributed by atoms with van der Waals surface area (Å²) in [6, 6.07) is 0. The van der Waals surface area contributed by atoms with Gasteiger partial charge in [0.2, 0.25) is 0 Å². The van der Waals surface area contributed by atoms with Crippen molar-refractivity contribution in [2.45, 2.75) is 0 Å². The Kier molecular flexibility index (Phi) is 19.8. The molecule has 0 aliphatic carbocycles. The molecule has 0 aliphatic heterocycles. The standard InChI is InChI=1S/H19P18/c1-11(2)16(12(3)4)18(15(9)10)17(13(5)6)14(7)8/h9H,1-8,10H2/q-1. The first-order chi connectivity index (χ1) is 8.11. The SMILES string of the molecule is [PH-]P(P)P(P(P(P)P)P(P)P)P(P(P)P)P(P)P. The Morgan fingerprint density at radius 3 is 0.778 bits per heavy atom. The fourth-order valence-corrected chi connectivity index (χ4v) is 207. The zero-order chi connectivity index (χ0) is 14.6. The van der Waals surface area contributed by atoms with Crippen LogP contribution < -0.4 is 0 Å². The molecular weight excluding hydrogens is 558 g/mol. The van der Waals surface area contributed by atoms with E-state index in [9.17, 15) is 0 Å². The van der Waals surface area contributed by atoms with E-state index in [4.69, 9.17) is 0 Å². The maximum absolute atomic E-state index is 4.03. The highest BCUT2D eigenvalue weighted by Crippen LogP contribution is 3.28. The molecule has 0 amide bonds. The number of hydrogen-bond donors (Lipinski definition) is 0. The van der Waals surface area contributed by atoms with Crippen LogP contribution in [0, 0.1) is 0 Å². The van der Waals surface area contributed by atoms with Crippen LogP contribution in [0.2, 0.25) is 0 Å². The van der Waals surface area contributed by atoms with Crippen LogP contribution in [0.5, 0.6) is 0 Å². The largest absolute Gasteiger partial charge is 0.516 e. The van der Waals surface area contributed by atoms with Crippen molar-refractivity contribution in [3.8, 4) is 0 Å². The van der Waals surface area contributed by atoms with Crippen molar-refractivity contribution in [2.24, 2.45) is 0 Å². The molecular formula is H19P18-. The molecule has 10 atom stereocenters. The van der Waals surface area contributed by atoms with Gasteiger partial charge >= 0.3 is 0 Å². The van der Waals surface area contributed by atoms with Crippen LogP contribution in [0.25, 0.3) is 0 Å². The third-order valence-electron chi connectivity index (χ3n) is 1.34. The Labute approximate surface area is 144 Å². The van der Waals surface area contributed by atoms with Gasteiger partial charge in [0, 0.05) is 0 Å². The molecule has 0 aromatic carbocycles. The summed E-state index contributed by atoms with van der Waals surface area (Å²) in [5.74, 6) is 0. The van der Waals surface area contributed by atoms with E-state index in [-0.39, 0.29) is 55.9 Å². The second-order valence-electron chi connectivity index (χ2n) is 2.67. The van der Waals surface area contributed by atoms with Gasteiger partial charge in [0.15, 0.2) is 0 Å². The van der Waals surface area contributed by atoms with Gasteiger partial charge < -0.3 is 8.93 Å². The van der Waals surface area contributed by atoms with Gasteiger partial charge in [-0.3, -0.25) is 0 Å². The molecule has 110 valence electrons. The molecule has 10 unspecified atom stereocenters. The van der Waals surface area contributed by atoms with E-state index in [1.165, 1.54) is 0 Å². The summed E-state index contributed by atoms with van der Waals surface area (Å²) < 4.78 is 0. The van der Waals surface area contributed by atoms with Crippen molar-refractivity contribution >= 4 is 145 Å². The normalized spacial score (nSPS) is 15.2. The van der Waals surface area contributed by atoms with Gasteiger partial charge in [-0.1, -0.05) is 0 Å². The third-order valence-corrected chi connectivity index (χ3v) is 108. The lowest BCUT2D eigenvalue weighted by atomic mass is 28.6. The summed E-state index contributed by atoms with van der Waals surface area (Å²) in [4.78, 5) is 0. The summed E-state index contributed by atoms with van der Waals surface area (Å²) >= 11 is 0. The predicted octanol–water partition coefficient (Wildman–Crippen LogP) is 10.4. The fourth-order valence-electron chi connectivity index (χ4n) is 0.852. The van der Waals surface area contributed by atoms with Gasteiger partial charge in [-0.15, -0.1) is 80.4 Å². The van der Waals surface area contributed by atoms with E-state index in [0.29, 0.717) is 0 Å². The highest BCUT2D eigenvalue weighted by Gasteiger charge is 2.36. The van der Waals surface area contributed by atoms with E-state index in [0.717, 1.165) is 0 Å². The summed E-state index contributed by atoms with van der Waals surface area (Å²) in [5.41, 5.74) is 0. The second kappa shape index (κ2) is 13.8. The second-order valence-corrected chi connectivity index (χ2v) is 72.1. The zero-order valence-electron chi connectivity index (χ0n) is 9.27. The Hall–Kier alpha value is 7.74. The molecule has 0 fully saturated rings. The van der Waals surface area contributed by atoms with Crippen LogP contribution in [0.3, 0.4) is 0 Å². The lowest BCUT2D eigenvalue weighted by molar-refractivity contribution is 4.52. The molecule has 0 N–H and O–H groups in total. The summed E-state index contributed by atoms with van der Waals surface area (Å²) in [6.07, 6.45) is 0. The molecule has 0 heterocycles. The zero-order valence-corrected chi connectivity index (χ0v) is 27.8. The van der Waals surface area contributed by atoms with Crippen LogP contribution in [0.4, 0.5) is 0 Å². The lowest BCUT2D eigenvalue weighted by Crippen LogP contribution is -1.54. The fraction of sp³-hybridized carbons (Fsp3) is 0. The van der Waals surface area contributed by atoms with E-state index >= 15 is 0 Å². The van der Waals surface area contributed by atoms with Crippen LogP contribution in [-0.2, 0) is 0 Å². The Morgan fingerprint density at radius 2 is 0.667 bits per heavy atom. The van der Waals surface area contributed by atoms with Crippen LogP contribution in [0.1, 0.15) is 0 Å². The Bertz CT molecular complexity index is 174. The molecule has 0 bridgehead atoms. The van der Waals surface area contributed by atoms with Crippen molar-refractivity contribution in [1.29, 1.82) is 0 Å². The minimum atomic E-state index is -0.0696. The minimum Gasteiger partial charge on any atom is -0.516 e. The molecule has 18 heavy (non-hydrogen) atoms. The molecule has 18 heteroatoms. The Morgan fingerprint density at radius 1 is 0.444 bits per heavy atom. The first-order valence-electron chi connectivity index (χ1n) is 3.95. The van der Waals surface area contributed by atoms with Gasteiger partial charge in [-0.05, 0) is 48.9 Å². The maximum Gasteiger partial charge on any atom is -0.00779 e. The van der Waals surface area contributed by atoms with E-state index in [1.807, 2.05) is 0 Å². The van der Waals surface area contributed by atoms with E-state index < -0.39 is 0 Å². The third kappa shape index (κ3) is 9.61. The molecule has 0 aliphatic rings. The molecule has 0 aromatic rings. The predicted molar refractivity (Wildman–Crippen MR) is 151 cm³/mol. The first-order valence-corrected chi connectivity index (χ1v) is 35.5. The van der Waals surface area contributed by atoms with Crippen LogP contribution in [0.15, 0.2) is 0 Å². The first kappa shape index (κ1) is 25.7. The van der Waals surface area contributed by atoms with Crippen LogP contribution >= 0.6 is 145 Å². The topological polar surface area (TPSA) is 0 Å². The summed E-state index contributed by atoms with van der Waals surface area (Å²) in [6.45, 7) is 0.415.